The van der Waals surface area contributed by atoms with Crippen LogP contribution in [0, 0.1) is 0 Å². The van der Waals surface area contributed by atoms with Crippen LogP contribution in [0.2, 0.25) is 0 Å². The zero-order valence-corrected chi connectivity index (χ0v) is 19.4. The molecule has 8 heteroatoms. The lowest BCUT2D eigenvalue weighted by atomic mass is 9.82. The molecule has 0 aliphatic carbocycles. The number of Topliss-reactive ketones (excluding diaryl/α,β-unsaturated/α-hetero) is 1. The quantitative estimate of drug-likeness (QED) is 0.505. The van der Waals surface area contributed by atoms with E-state index >= 15 is 0 Å². The highest BCUT2D eigenvalue weighted by Crippen LogP contribution is 2.27. The second kappa shape index (κ2) is 11.0. The van der Waals surface area contributed by atoms with Crippen molar-refractivity contribution >= 4 is 17.7 Å². The Bertz CT molecular complexity index is 1070. The zero-order valence-electron chi connectivity index (χ0n) is 19.4. The standard InChI is InChI=1S/C25H31FN2O5/c1-5-17(23(32)28-20(13-22(30)31)21(29)14-26)18-11-10-16(27-24(18)33)12-15-8-6-7-9-19(15)25(2,3)4/h6-11,17,20H,5,12-14H2,1-4H3,(H,27,33)(H,28,32)(H,30,31). The van der Waals surface area contributed by atoms with Gasteiger partial charge in [-0.15, -0.1) is 0 Å². The van der Waals surface area contributed by atoms with Crippen LogP contribution in [0.3, 0.4) is 0 Å². The van der Waals surface area contributed by atoms with Crippen molar-refractivity contribution in [2.75, 3.05) is 6.67 Å². The second-order valence-corrected chi connectivity index (χ2v) is 9.07. The molecule has 1 amide bonds. The van der Waals surface area contributed by atoms with Gasteiger partial charge in [-0.1, -0.05) is 58.0 Å². The van der Waals surface area contributed by atoms with Crippen LogP contribution in [-0.4, -0.2) is 40.5 Å². The second-order valence-electron chi connectivity index (χ2n) is 9.07. The summed E-state index contributed by atoms with van der Waals surface area (Å²) in [6.45, 7) is 6.66. The summed E-state index contributed by atoms with van der Waals surface area (Å²) in [5.74, 6) is -3.97. The maximum Gasteiger partial charge on any atom is 0.305 e. The van der Waals surface area contributed by atoms with Gasteiger partial charge in [0, 0.05) is 17.7 Å². The van der Waals surface area contributed by atoms with Crippen molar-refractivity contribution in [1.29, 1.82) is 0 Å². The predicted octanol–water partition coefficient (Wildman–Crippen LogP) is 3.25. The smallest absolute Gasteiger partial charge is 0.305 e. The molecular formula is C25H31FN2O5. The SMILES string of the molecule is CCC(C(=O)NC(CC(=O)O)C(=O)CF)c1ccc(Cc2ccccc2C(C)(C)C)[nH]c1=O. The number of nitrogens with one attached hydrogen (secondary N) is 2. The molecule has 0 bridgehead atoms. The van der Waals surface area contributed by atoms with Crippen molar-refractivity contribution in [1.82, 2.24) is 10.3 Å². The van der Waals surface area contributed by atoms with Gasteiger partial charge in [0.25, 0.3) is 5.56 Å². The van der Waals surface area contributed by atoms with Crippen molar-refractivity contribution in [2.24, 2.45) is 0 Å². The molecular weight excluding hydrogens is 427 g/mol. The van der Waals surface area contributed by atoms with Crippen LogP contribution >= 0.6 is 0 Å². The summed E-state index contributed by atoms with van der Waals surface area (Å²) in [5.41, 5.74) is 2.64. The summed E-state index contributed by atoms with van der Waals surface area (Å²) in [4.78, 5) is 51.0. The highest BCUT2D eigenvalue weighted by atomic mass is 19.1. The van der Waals surface area contributed by atoms with E-state index in [1.807, 2.05) is 18.2 Å². The number of aromatic nitrogens is 1. The number of ketones is 1. The fraction of sp³-hybridized carbons (Fsp3) is 0.440. The molecule has 0 radical (unpaired) electrons. The van der Waals surface area contributed by atoms with E-state index in [4.69, 9.17) is 5.11 Å². The van der Waals surface area contributed by atoms with E-state index in [1.165, 1.54) is 5.56 Å². The van der Waals surface area contributed by atoms with Gasteiger partial charge in [-0.3, -0.25) is 19.2 Å². The van der Waals surface area contributed by atoms with Crippen LogP contribution in [0.1, 0.15) is 68.8 Å². The average molecular weight is 459 g/mol. The summed E-state index contributed by atoms with van der Waals surface area (Å²) < 4.78 is 12.8. The molecule has 2 unspecified atom stereocenters. The highest BCUT2D eigenvalue weighted by molar-refractivity contribution is 5.94. The summed E-state index contributed by atoms with van der Waals surface area (Å²) in [7, 11) is 0. The number of halogens is 1. The molecule has 178 valence electrons. The number of aliphatic carboxylic acids is 1. The summed E-state index contributed by atoms with van der Waals surface area (Å²) >= 11 is 0. The molecule has 0 aliphatic rings. The van der Waals surface area contributed by atoms with E-state index in [9.17, 15) is 23.6 Å². The third-order valence-corrected chi connectivity index (χ3v) is 5.52. The van der Waals surface area contributed by atoms with Crippen LogP contribution in [0.4, 0.5) is 4.39 Å². The Labute approximate surface area is 192 Å². The van der Waals surface area contributed by atoms with Crippen LogP contribution < -0.4 is 10.9 Å². The minimum Gasteiger partial charge on any atom is -0.481 e. The molecule has 0 aliphatic heterocycles. The fourth-order valence-corrected chi connectivity index (χ4v) is 3.85. The van der Waals surface area contributed by atoms with E-state index in [2.05, 4.69) is 37.1 Å². The number of carbonyl (C=O) groups excluding carboxylic acids is 2. The Kier molecular flexibility index (Phi) is 8.68. The van der Waals surface area contributed by atoms with Crippen LogP contribution in [0.5, 0.6) is 0 Å². The van der Waals surface area contributed by atoms with Gasteiger partial charge in [0.1, 0.15) is 12.7 Å². The molecule has 0 saturated heterocycles. The molecule has 7 nitrogen and oxygen atoms in total. The van der Waals surface area contributed by atoms with Gasteiger partial charge >= 0.3 is 5.97 Å². The number of carboxylic acid groups (broad SMARTS) is 1. The van der Waals surface area contributed by atoms with Gasteiger partial charge in [-0.25, -0.2) is 4.39 Å². The molecule has 3 N–H and O–H groups in total. The zero-order chi connectivity index (χ0) is 24.8. The van der Waals surface area contributed by atoms with Crippen LogP contribution in [-0.2, 0) is 26.2 Å². The molecule has 0 fully saturated rings. The Balaban J connectivity index is 2.27. The van der Waals surface area contributed by atoms with Gasteiger partial charge in [-0.2, -0.15) is 0 Å². The van der Waals surface area contributed by atoms with Gasteiger partial charge in [0.05, 0.1) is 12.3 Å². The van der Waals surface area contributed by atoms with E-state index in [0.29, 0.717) is 12.1 Å². The molecule has 33 heavy (non-hydrogen) atoms. The number of benzene rings is 1. The molecule has 1 aromatic carbocycles. The number of carboxylic acids is 1. The van der Waals surface area contributed by atoms with E-state index in [1.54, 1.807) is 19.1 Å². The summed E-state index contributed by atoms with van der Waals surface area (Å²) in [6.07, 6.45) is 0.0236. The first-order valence-electron chi connectivity index (χ1n) is 10.9. The first kappa shape index (κ1) is 26.0. The van der Waals surface area contributed by atoms with Crippen molar-refractivity contribution in [2.45, 2.75) is 64.3 Å². The number of alkyl halides is 1. The molecule has 1 heterocycles. The Morgan fingerprint density at radius 3 is 2.33 bits per heavy atom. The summed E-state index contributed by atoms with van der Waals surface area (Å²) in [5, 5.41) is 11.2. The molecule has 2 aromatic rings. The lowest BCUT2D eigenvalue weighted by Gasteiger charge is -2.23. The fourth-order valence-electron chi connectivity index (χ4n) is 3.85. The van der Waals surface area contributed by atoms with Crippen molar-refractivity contribution < 1.29 is 23.9 Å². The molecule has 2 rings (SSSR count). The van der Waals surface area contributed by atoms with Gasteiger partial charge in [-0.05, 0) is 29.0 Å². The topological polar surface area (TPSA) is 116 Å². The molecule has 2 atom stereocenters. The average Bonchev–Trinajstić information content (AvgIpc) is 2.74. The van der Waals surface area contributed by atoms with Crippen molar-refractivity contribution in [3.05, 3.63) is 69.1 Å². The van der Waals surface area contributed by atoms with Crippen LogP contribution in [0.25, 0.3) is 0 Å². The Morgan fingerprint density at radius 1 is 1.12 bits per heavy atom. The van der Waals surface area contributed by atoms with Gasteiger partial charge < -0.3 is 15.4 Å². The number of rotatable bonds is 10. The van der Waals surface area contributed by atoms with E-state index in [-0.39, 0.29) is 17.4 Å². The highest BCUT2D eigenvalue weighted by Gasteiger charge is 2.28. The third kappa shape index (κ3) is 6.84. The largest absolute Gasteiger partial charge is 0.481 e. The molecule has 0 saturated carbocycles. The lowest BCUT2D eigenvalue weighted by Crippen LogP contribution is -2.45. The molecule has 1 aromatic heterocycles. The number of carbonyl (C=O) groups is 3. The number of pyridine rings is 1. The number of amides is 1. The van der Waals surface area contributed by atoms with Gasteiger partial charge in [0.15, 0.2) is 5.78 Å². The first-order chi connectivity index (χ1) is 15.5. The number of hydrogen-bond donors (Lipinski definition) is 3. The van der Waals surface area contributed by atoms with Crippen LogP contribution in [0.15, 0.2) is 41.2 Å². The Morgan fingerprint density at radius 2 is 1.79 bits per heavy atom. The minimum atomic E-state index is -1.48. The monoisotopic (exact) mass is 458 g/mol. The van der Waals surface area contributed by atoms with E-state index in [0.717, 1.165) is 5.56 Å². The maximum atomic E-state index is 12.8. The van der Waals surface area contributed by atoms with Crippen molar-refractivity contribution in [3.8, 4) is 0 Å². The predicted molar refractivity (Wildman–Crippen MR) is 123 cm³/mol. The Hall–Kier alpha value is -3.29. The summed E-state index contributed by atoms with van der Waals surface area (Å²) in [6, 6.07) is 9.83. The van der Waals surface area contributed by atoms with E-state index < -0.39 is 48.3 Å². The maximum absolute atomic E-state index is 12.8. The number of hydrogen-bond acceptors (Lipinski definition) is 4. The number of aromatic amines is 1. The lowest BCUT2D eigenvalue weighted by molar-refractivity contribution is -0.140. The van der Waals surface area contributed by atoms with Crippen molar-refractivity contribution in [3.63, 3.8) is 0 Å². The number of H-pyrrole nitrogens is 1. The van der Waals surface area contributed by atoms with Gasteiger partial charge in [0.2, 0.25) is 5.91 Å². The minimum absolute atomic E-state index is 0.0637. The normalized spacial score (nSPS) is 13.2. The third-order valence-electron chi connectivity index (χ3n) is 5.52. The first-order valence-corrected chi connectivity index (χ1v) is 10.9. The molecule has 0 spiro atoms.